The van der Waals surface area contributed by atoms with Crippen LogP contribution in [0.5, 0.6) is 0 Å². The zero-order chi connectivity index (χ0) is 11.3. The first-order valence-corrected chi connectivity index (χ1v) is 5.63. The molecule has 0 aromatic heterocycles. The van der Waals surface area contributed by atoms with Gasteiger partial charge in [0.05, 0.1) is 0 Å². The Morgan fingerprint density at radius 1 is 1.33 bits per heavy atom. The Kier molecular flexibility index (Phi) is 4.57. The fraction of sp³-hybridized carbons (Fsp3) is 0.429. The minimum absolute atomic E-state index is 0.0438. The van der Waals surface area contributed by atoms with Crippen LogP contribution < -0.4 is 5.73 Å². The second kappa shape index (κ2) is 5.72. The lowest BCUT2D eigenvalue weighted by Crippen LogP contribution is -2.30. The number of nitrogens with two attached hydrogens (primary N) is 1. The summed E-state index contributed by atoms with van der Waals surface area (Å²) >= 11 is 0. The highest BCUT2D eigenvalue weighted by Gasteiger charge is 2.22. The molecule has 0 spiro atoms. The van der Waals surface area contributed by atoms with Gasteiger partial charge in [-0.3, -0.25) is 0 Å². The lowest BCUT2D eigenvalue weighted by Gasteiger charge is -2.27. The van der Waals surface area contributed by atoms with Gasteiger partial charge in [-0.15, -0.1) is 6.58 Å². The molecule has 0 amide bonds. The van der Waals surface area contributed by atoms with Gasteiger partial charge in [-0.25, -0.2) is 0 Å². The molecule has 0 heterocycles. The predicted molar refractivity (Wildman–Crippen MR) is 66.8 cm³/mol. The van der Waals surface area contributed by atoms with Crippen molar-refractivity contribution in [2.75, 3.05) is 0 Å². The third kappa shape index (κ3) is 2.93. The van der Waals surface area contributed by atoms with Crippen molar-refractivity contribution in [3.63, 3.8) is 0 Å². The third-order valence-corrected chi connectivity index (χ3v) is 3.13. The Labute approximate surface area is 93.0 Å². The number of rotatable bonds is 5. The Morgan fingerprint density at radius 2 is 1.93 bits per heavy atom. The molecular weight excluding hydrogens is 182 g/mol. The van der Waals surface area contributed by atoms with Crippen LogP contribution in [0, 0.1) is 5.92 Å². The zero-order valence-corrected chi connectivity index (χ0v) is 9.69. The lowest BCUT2D eigenvalue weighted by atomic mass is 9.80. The third-order valence-electron chi connectivity index (χ3n) is 3.13. The van der Waals surface area contributed by atoms with Gasteiger partial charge in [0.1, 0.15) is 0 Å². The first-order chi connectivity index (χ1) is 7.20. The largest absolute Gasteiger partial charge is 0.324 e. The number of benzene rings is 1. The van der Waals surface area contributed by atoms with E-state index in [2.05, 4.69) is 44.7 Å². The summed E-state index contributed by atoms with van der Waals surface area (Å²) in [7, 11) is 0. The molecule has 15 heavy (non-hydrogen) atoms. The normalized spacial score (nSPS) is 16.7. The van der Waals surface area contributed by atoms with Gasteiger partial charge in [0.25, 0.3) is 0 Å². The maximum absolute atomic E-state index is 6.11. The molecular formula is C14H21N. The van der Waals surface area contributed by atoms with Gasteiger partial charge in [-0.1, -0.05) is 56.7 Å². The molecule has 3 atom stereocenters. The zero-order valence-electron chi connectivity index (χ0n) is 9.69. The van der Waals surface area contributed by atoms with Gasteiger partial charge in [-0.05, 0) is 11.5 Å². The summed E-state index contributed by atoms with van der Waals surface area (Å²) in [6.45, 7) is 8.25. The van der Waals surface area contributed by atoms with Gasteiger partial charge >= 0.3 is 0 Å². The van der Waals surface area contributed by atoms with Crippen molar-refractivity contribution in [2.24, 2.45) is 11.7 Å². The van der Waals surface area contributed by atoms with E-state index in [9.17, 15) is 0 Å². The molecule has 1 heteroatoms. The first-order valence-electron chi connectivity index (χ1n) is 5.63. The van der Waals surface area contributed by atoms with Crippen LogP contribution in [0.4, 0.5) is 0 Å². The van der Waals surface area contributed by atoms with Crippen molar-refractivity contribution in [3.8, 4) is 0 Å². The lowest BCUT2D eigenvalue weighted by molar-refractivity contribution is 0.415. The van der Waals surface area contributed by atoms with Gasteiger partial charge < -0.3 is 5.73 Å². The molecule has 0 fully saturated rings. The second-order valence-electron chi connectivity index (χ2n) is 4.14. The van der Waals surface area contributed by atoms with Crippen LogP contribution >= 0.6 is 0 Å². The minimum Gasteiger partial charge on any atom is -0.324 e. The van der Waals surface area contributed by atoms with Crippen LogP contribution in [-0.2, 0) is 0 Å². The Morgan fingerprint density at radius 3 is 2.40 bits per heavy atom. The van der Waals surface area contributed by atoms with Gasteiger partial charge in [0.15, 0.2) is 0 Å². The average Bonchev–Trinajstić information content (AvgIpc) is 2.30. The Balaban J connectivity index is 2.96. The molecule has 0 bridgehead atoms. The maximum Gasteiger partial charge on any atom is 0.0293 e. The first kappa shape index (κ1) is 12.0. The van der Waals surface area contributed by atoms with Gasteiger partial charge in [0, 0.05) is 12.0 Å². The molecule has 1 aromatic carbocycles. The highest BCUT2D eigenvalue weighted by Crippen LogP contribution is 2.29. The quantitative estimate of drug-likeness (QED) is 0.730. The van der Waals surface area contributed by atoms with Crippen LogP contribution in [0.15, 0.2) is 43.0 Å². The van der Waals surface area contributed by atoms with Gasteiger partial charge in [0.2, 0.25) is 0 Å². The van der Waals surface area contributed by atoms with E-state index in [0.29, 0.717) is 11.8 Å². The molecule has 0 aliphatic heterocycles. The monoisotopic (exact) mass is 203 g/mol. The van der Waals surface area contributed by atoms with E-state index in [4.69, 9.17) is 5.73 Å². The van der Waals surface area contributed by atoms with E-state index in [1.165, 1.54) is 5.56 Å². The van der Waals surface area contributed by atoms with Gasteiger partial charge in [-0.2, -0.15) is 0 Å². The van der Waals surface area contributed by atoms with Crippen LogP contribution in [-0.4, -0.2) is 6.04 Å². The molecule has 2 N–H and O–H groups in total. The standard InChI is InChI=1S/C14H21N/c1-4-11(3)14(13(15)5-2)12-9-7-6-8-10-12/h5-11,13-14H,2,4,15H2,1,3H3. The van der Waals surface area contributed by atoms with Crippen LogP contribution in [0.1, 0.15) is 31.7 Å². The van der Waals surface area contributed by atoms with Crippen molar-refractivity contribution in [1.82, 2.24) is 0 Å². The van der Waals surface area contributed by atoms with Crippen molar-refractivity contribution in [2.45, 2.75) is 32.2 Å². The van der Waals surface area contributed by atoms with Crippen molar-refractivity contribution in [3.05, 3.63) is 48.6 Å². The highest BCUT2D eigenvalue weighted by molar-refractivity contribution is 5.23. The smallest absolute Gasteiger partial charge is 0.0293 e. The van der Waals surface area contributed by atoms with E-state index in [1.54, 1.807) is 0 Å². The maximum atomic E-state index is 6.11. The molecule has 0 saturated heterocycles. The van der Waals surface area contributed by atoms with E-state index >= 15 is 0 Å². The van der Waals surface area contributed by atoms with Crippen LogP contribution in [0.2, 0.25) is 0 Å². The SMILES string of the molecule is C=CC(N)C(c1ccccc1)C(C)CC. The fourth-order valence-corrected chi connectivity index (χ4v) is 2.01. The molecule has 0 aliphatic carbocycles. The molecule has 1 aromatic rings. The predicted octanol–water partition coefficient (Wildman–Crippen LogP) is 3.33. The summed E-state index contributed by atoms with van der Waals surface area (Å²) in [5, 5.41) is 0. The molecule has 0 saturated carbocycles. The summed E-state index contributed by atoms with van der Waals surface area (Å²) in [5.41, 5.74) is 7.43. The summed E-state index contributed by atoms with van der Waals surface area (Å²) in [5.74, 6) is 0.967. The molecule has 0 aliphatic rings. The molecule has 1 nitrogen and oxygen atoms in total. The highest BCUT2D eigenvalue weighted by atomic mass is 14.6. The number of hydrogen-bond acceptors (Lipinski definition) is 1. The summed E-state index contributed by atoms with van der Waals surface area (Å²) in [4.78, 5) is 0. The Hall–Kier alpha value is -1.08. The van der Waals surface area contributed by atoms with Crippen molar-refractivity contribution >= 4 is 0 Å². The summed E-state index contributed by atoms with van der Waals surface area (Å²) in [6.07, 6.45) is 2.99. The van der Waals surface area contributed by atoms with E-state index in [0.717, 1.165) is 6.42 Å². The summed E-state index contributed by atoms with van der Waals surface area (Å²) < 4.78 is 0. The van der Waals surface area contributed by atoms with Crippen LogP contribution in [0.3, 0.4) is 0 Å². The average molecular weight is 203 g/mol. The van der Waals surface area contributed by atoms with E-state index in [1.807, 2.05) is 12.1 Å². The second-order valence-corrected chi connectivity index (χ2v) is 4.14. The van der Waals surface area contributed by atoms with Crippen molar-refractivity contribution in [1.29, 1.82) is 0 Å². The molecule has 1 rings (SSSR count). The van der Waals surface area contributed by atoms with E-state index in [-0.39, 0.29) is 6.04 Å². The topological polar surface area (TPSA) is 26.0 Å². The molecule has 0 radical (unpaired) electrons. The molecule has 3 unspecified atom stereocenters. The van der Waals surface area contributed by atoms with Crippen molar-refractivity contribution < 1.29 is 0 Å². The van der Waals surface area contributed by atoms with E-state index < -0.39 is 0 Å². The Bertz CT molecular complexity index is 291. The number of hydrogen-bond donors (Lipinski definition) is 1. The summed E-state index contributed by atoms with van der Waals surface area (Å²) in [6, 6.07) is 10.5. The fourth-order valence-electron chi connectivity index (χ4n) is 2.01. The molecule has 82 valence electrons. The van der Waals surface area contributed by atoms with Crippen LogP contribution in [0.25, 0.3) is 0 Å². The minimum atomic E-state index is 0.0438.